The van der Waals surface area contributed by atoms with Crippen LogP contribution in [-0.2, 0) is 11.2 Å². The van der Waals surface area contributed by atoms with E-state index in [1.807, 2.05) is 14.1 Å². The Labute approximate surface area is 217 Å². The fourth-order valence-corrected chi connectivity index (χ4v) is 5.77. The second-order valence-corrected chi connectivity index (χ2v) is 11.2. The molecular formula is C29H45N5O2. The molecule has 2 aromatic rings. The van der Waals surface area contributed by atoms with E-state index in [9.17, 15) is 0 Å². The van der Waals surface area contributed by atoms with Crippen LogP contribution >= 0.6 is 0 Å². The largest absolute Gasteiger partial charge is 0.421 e. The van der Waals surface area contributed by atoms with Crippen LogP contribution in [-0.4, -0.2) is 87.1 Å². The molecule has 0 N–H and O–H groups in total. The zero-order valence-electron chi connectivity index (χ0n) is 23.1. The maximum atomic E-state index is 6.12. The third kappa shape index (κ3) is 6.75. The zero-order chi connectivity index (χ0) is 25.7. The van der Waals surface area contributed by atoms with Crippen molar-refractivity contribution in [3.63, 3.8) is 0 Å². The number of hydrogen-bond acceptors (Lipinski definition) is 7. The van der Waals surface area contributed by atoms with Gasteiger partial charge in [-0.25, -0.2) is 0 Å². The van der Waals surface area contributed by atoms with Gasteiger partial charge in [-0.3, -0.25) is 4.90 Å². The molecule has 0 unspecified atom stereocenters. The molecule has 4 rings (SSSR count). The Kier molecular flexibility index (Phi) is 9.20. The highest BCUT2D eigenvalue weighted by atomic mass is 16.5. The fraction of sp³-hybridized carbons (Fsp3) is 0.655. The number of ether oxygens (including phenoxy) is 1. The molecule has 2 heterocycles. The number of nitrogens with zero attached hydrogens (tertiary/aromatic N) is 5. The number of allylic oxidation sites excluding steroid dienone is 1. The van der Waals surface area contributed by atoms with Gasteiger partial charge in [-0.1, -0.05) is 25.5 Å². The fourth-order valence-electron chi connectivity index (χ4n) is 5.77. The zero-order valence-corrected chi connectivity index (χ0v) is 23.1. The minimum absolute atomic E-state index is 0.462. The number of rotatable bonds is 10. The lowest BCUT2D eigenvalue weighted by atomic mass is 9.69. The van der Waals surface area contributed by atoms with Gasteiger partial charge >= 0.3 is 0 Å². The van der Waals surface area contributed by atoms with E-state index in [0.717, 1.165) is 62.9 Å². The van der Waals surface area contributed by atoms with Gasteiger partial charge < -0.3 is 19.0 Å². The van der Waals surface area contributed by atoms with Gasteiger partial charge in [0, 0.05) is 78.1 Å². The molecule has 0 amide bonds. The number of benzene rings is 1. The Balaban J connectivity index is 1.37. The third-order valence-electron chi connectivity index (χ3n) is 8.15. The molecule has 3 atom stereocenters. The minimum atomic E-state index is 0.462. The SMILES string of the molecule is COCCN1CCN(C[C@@H]2C=C(C)[C@H](Cc3nnc(-c4ccc(N(C)C)cc4)o3)C[C@H]2C(C)C)CC1. The van der Waals surface area contributed by atoms with Gasteiger partial charge in [-0.05, 0) is 61.3 Å². The van der Waals surface area contributed by atoms with E-state index in [0.29, 0.717) is 29.6 Å². The van der Waals surface area contributed by atoms with E-state index >= 15 is 0 Å². The first kappa shape index (κ1) is 26.8. The Hall–Kier alpha value is -2.22. The van der Waals surface area contributed by atoms with Crippen LogP contribution in [0.15, 0.2) is 40.3 Å². The first-order chi connectivity index (χ1) is 17.3. The molecule has 198 valence electrons. The summed E-state index contributed by atoms with van der Waals surface area (Å²) in [5, 5.41) is 8.77. The average molecular weight is 496 g/mol. The quantitative estimate of drug-likeness (QED) is 0.451. The lowest BCUT2D eigenvalue weighted by Crippen LogP contribution is -2.49. The highest BCUT2D eigenvalue weighted by Crippen LogP contribution is 2.39. The van der Waals surface area contributed by atoms with Crippen LogP contribution in [0.25, 0.3) is 11.5 Å². The number of anilines is 1. The van der Waals surface area contributed by atoms with Crippen molar-refractivity contribution in [3.8, 4) is 11.5 Å². The van der Waals surface area contributed by atoms with Gasteiger partial charge in [0.05, 0.1) is 6.61 Å². The summed E-state index contributed by atoms with van der Waals surface area (Å²) in [5.41, 5.74) is 3.60. The number of hydrogen-bond donors (Lipinski definition) is 0. The maximum absolute atomic E-state index is 6.12. The van der Waals surface area contributed by atoms with Crippen LogP contribution in [0, 0.1) is 23.7 Å². The van der Waals surface area contributed by atoms with Crippen molar-refractivity contribution >= 4 is 5.69 Å². The summed E-state index contributed by atoms with van der Waals surface area (Å²) in [4.78, 5) is 7.27. The van der Waals surface area contributed by atoms with E-state index < -0.39 is 0 Å². The molecule has 36 heavy (non-hydrogen) atoms. The standard InChI is InChI=1S/C29H45N5O2/c1-21(2)27-18-24(19-28-30-31-29(36-28)23-7-9-26(10-8-23)32(4)5)22(3)17-25(27)20-34-13-11-33(12-14-34)15-16-35-6/h7-10,17,21,24-25,27H,11-16,18-20H2,1-6H3/t24-,25-,27-/m0/s1. The van der Waals surface area contributed by atoms with Crippen LogP contribution in [0.5, 0.6) is 0 Å². The normalized spacial score (nSPS) is 23.8. The van der Waals surface area contributed by atoms with Crippen LogP contribution in [0.4, 0.5) is 5.69 Å². The molecule has 2 aliphatic rings. The molecule has 0 saturated carbocycles. The molecule has 0 bridgehead atoms. The molecule has 1 aromatic heterocycles. The predicted octanol–water partition coefficient (Wildman–Crippen LogP) is 4.46. The summed E-state index contributed by atoms with van der Waals surface area (Å²) < 4.78 is 11.4. The lowest BCUT2D eigenvalue weighted by Gasteiger charge is -2.41. The molecule has 1 fully saturated rings. The summed E-state index contributed by atoms with van der Waals surface area (Å²) in [6.45, 7) is 14.7. The van der Waals surface area contributed by atoms with Crippen molar-refractivity contribution in [1.29, 1.82) is 0 Å². The van der Waals surface area contributed by atoms with E-state index in [1.54, 1.807) is 7.11 Å². The van der Waals surface area contributed by atoms with Crippen molar-refractivity contribution in [2.75, 3.05) is 72.0 Å². The number of aromatic nitrogens is 2. The summed E-state index contributed by atoms with van der Waals surface area (Å²) in [6, 6.07) is 8.27. The average Bonchev–Trinajstić information content (AvgIpc) is 3.33. The minimum Gasteiger partial charge on any atom is -0.421 e. The van der Waals surface area contributed by atoms with Crippen molar-refractivity contribution in [1.82, 2.24) is 20.0 Å². The number of methoxy groups -OCH3 is 1. The Morgan fingerprint density at radius 2 is 1.75 bits per heavy atom. The molecular weight excluding hydrogens is 450 g/mol. The van der Waals surface area contributed by atoms with Crippen LogP contribution in [0.3, 0.4) is 0 Å². The molecule has 1 saturated heterocycles. The lowest BCUT2D eigenvalue weighted by molar-refractivity contribution is 0.0798. The molecule has 1 aromatic carbocycles. The van der Waals surface area contributed by atoms with Crippen molar-refractivity contribution in [2.45, 2.75) is 33.6 Å². The topological polar surface area (TPSA) is 57.9 Å². The van der Waals surface area contributed by atoms with Crippen LogP contribution < -0.4 is 4.90 Å². The Bertz CT molecular complexity index is 976. The van der Waals surface area contributed by atoms with E-state index in [4.69, 9.17) is 9.15 Å². The molecule has 7 nitrogen and oxygen atoms in total. The van der Waals surface area contributed by atoms with Gasteiger partial charge in [0.1, 0.15) is 0 Å². The molecule has 0 radical (unpaired) electrons. The summed E-state index contributed by atoms with van der Waals surface area (Å²) in [5.74, 6) is 3.75. The molecule has 1 aliphatic carbocycles. The number of piperazine rings is 1. The van der Waals surface area contributed by atoms with Gasteiger partial charge in [-0.15, -0.1) is 10.2 Å². The van der Waals surface area contributed by atoms with Crippen molar-refractivity contribution in [2.24, 2.45) is 23.7 Å². The highest BCUT2D eigenvalue weighted by Gasteiger charge is 2.34. The maximum Gasteiger partial charge on any atom is 0.247 e. The molecule has 7 heteroatoms. The van der Waals surface area contributed by atoms with E-state index in [-0.39, 0.29) is 0 Å². The smallest absolute Gasteiger partial charge is 0.247 e. The highest BCUT2D eigenvalue weighted by molar-refractivity contribution is 5.58. The third-order valence-corrected chi connectivity index (χ3v) is 8.15. The molecule has 0 spiro atoms. The second kappa shape index (κ2) is 12.3. The summed E-state index contributed by atoms with van der Waals surface area (Å²) in [6.07, 6.45) is 4.57. The van der Waals surface area contributed by atoms with Gasteiger partial charge in [-0.2, -0.15) is 0 Å². The van der Waals surface area contributed by atoms with Crippen LogP contribution in [0.2, 0.25) is 0 Å². The van der Waals surface area contributed by atoms with E-state index in [1.165, 1.54) is 18.5 Å². The summed E-state index contributed by atoms with van der Waals surface area (Å²) in [7, 11) is 5.87. The van der Waals surface area contributed by atoms with Crippen LogP contribution in [0.1, 0.15) is 33.1 Å². The van der Waals surface area contributed by atoms with Crippen molar-refractivity contribution < 1.29 is 9.15 Å². The Morgan fingerprint density at radius 3 is 2.39 bits per heavy atom. The first-order valence-corrected chi connectivity index (χ1v) is 13.6. The predicted molar refractivity (Wildman–Crippen MR) is 146 cm³/mol. The van der Waals surface area contributed by atoms with Crippen molar-refractivity contribution in [3.05, 3.63) is 41.8 Å². The molecule has 1 aliphatic heterocycles. The van der Waals surface area contributed by atoms with Gasteiger partial charge in [0.15, 0.2) is 0 Å². The first-order valence-electron chi connectivity index (χ1n) is 13.6. The van der Waals surface area contributed by atoms with Gasteiger partial charge in [0.2, 0.25) is 11.8 Å². The second-order valence-electron chi connectivity index (χ2n) is 11.2. The summed E-state index contributed by atoms with van der Waals surface area (Å²) >= 11 is 0. The van der Waals surface area contributed by atoms with E-state index in [2.05, 4.69) is 76.0 Å². The Morgan fingerprint density at radius 1 is 1.06 bits per heavy atom. The monoisotopic (exact) mass is 495 g/mol. The van der Waals surface area contributed by atoms with Gasteiger partial charge in [0.25, 0.3) is 0 Å².